The van der Waals surface area contributed by atoms with E-state index in [1.165, 1.54) is 25.1 Å². The lowest BCUT2D eigenvalue weighted by Gasteiger charge is -2.22. The Balaban J connectivity index is 2.06. The molecule has 144 valence electrons. The molecule has 7 nitrogen and oxygen atoms in total. The third-order valence-corrected chi connectivity index (χ3v) is 4.71. The molecule has 0 heterocycles. The highest BCUT2D eigenvalue weighted by molar-refractivity contribution is 7.92. The van der Waals surface area contributed by atoms with Gasteiger partial charge in [-0.3, -0.25) is 13.9 Å². The minimum absolute atomic E-state index is 0.111. The van der Waals surface area contributed by atoms with Gasteiger partial charge in [-0.15, -0.1) is 0 Å². The standard InChI is InChI=1S/C18H20FN3O4S/c1-13(23)20-14-6-5-7-15(12-14)21-18(24)10-11-22(27(2,25)26)17-9-4-3-8-16(17)19/h3-9,12H,10-11H2,1-2H3,(H,20,23)(H,21,24). The predicted molar refractivity (Wildman–Crippen MR) is 103 cm³/mol. The molecule has 2 aromatic carbocycles. The first-order chi connectivity index (χ1) is 12.7. The molecule has 9 heteroatoms. The Kier molecular flexibility index (Phi) is 6.51. The first-order valence-corrected chi connectivity index (χ1v) is 9.91. The number of rotatable bonds is 7. The second-order valence-electron chi connectivity index (χ2n) is 5.85. The van der Waals surface area contributed by atoms with Crippen molar-refractivity contribution in [2.45, 2.75) is 13.3 Å². The SMILES string of the molecule is CC(=O)Nc1cccc(NC(=O)CCN(c2ccccc2F)S(C)(=O)=O)c1. The van der Waals surface area contributed by atoms with Crippen LogP contribution in [-0.4, -0.2) is 33.0 Å². The minimum Gasteiger partial charge on any atom is -0.326 e. The van der Waals surface area contributed by atoms with Gasteiger partial charge in [-0.05, 0) is 30.3 Å². The summed E-state index contributed by atoms with van der Waals surface area (Å²) in [5, 5.41) is 5.22. The Hall–Kier alpha value is -2.94. The molecule has 0 saturated heterocycles. The van der Waals surface area contributed by atoms with E-state index in [-0.39, 0.29) is 24.6 Å². The molecule has 0 unspecified atom stereocenters. The number of sulfonamides is 1. The summed E-state index contributed by atoms with van der Waals surface area (Å²) in [7, 11) is -3.76. The zero-order chi connectivity index (χ0) is 20.0. The van der Waals surface area contributed by atoms with E-state index in [1.54, 1.807) is 24.3 Å². The lowest BCUT2D eigenvalue weighted by atomic mass is 10.2. The van der Waals surface area contributed by atoms with Gasteiger partial charge in [0.05, 0.1) is 11.9 Å². The van der Waals surface area contributed by atoms with Crippen LogP contribution in [0, 0.1) is 5.82 Å². The normalized spacial score (nSPS) is 10.9. The van der Waals surface area contributed by atoms with Gasteiger partial charge in [-0.1, -0.05) is 18.2 Å². The fraction of sp³-hybridized carbons (Fsp3) is 0.222. The minimum atomic E-state index is -3.76. The molecule has 0 atom stereocenters. The molecule has 0 fully saturated rings. The number of hydrogen-bond acceptors (Lipinski definition) is 4. The summed E-state index contributed by atoms with van der Waals surface area (Å²) in [6, 6.07) is 12.0. The Morgan fingerprint density at radius 2 is 1.67 bits per heavy atom. The Labute approximate surface area is 157 Å². The Bertz CT molecular complexity index is 947. The second-order valence-corrected chi connectivity index (χ2v) is 7.75. The largest absolute Gasteiger partial charge is 0.326 e. The van der Waals surface area contributed by atoms with Gasteiger partial charge in [-0.25, -0.2) is 12.8 Å². The van der Waals surface area contributed by atoms with E-state index in [1.807, 2.05) is 0 Å². The number of nitrogens with one attached hydrogen (secondary N) is 2. The van der Waals surface area contributed by atoms with Gasteiger partial charge in [-0.2, -0.15) is 0 Å². The Morgan fingerprint density at radius 1 is 1.04 bits per heavy atom. The first kappa shape index (κ1) is 20.4. The first-order valence-electron chi connectivity index (χ1n) is 8.06. The van der Waals surface area contributed by atoms with Gasteiger partial charge < -0.3 is 10.6 Å². The summed E-state index contributed by atoms with van der Waals surface area (Å²) in [4.78, 5) is 23.3. The maximum absolute atomic E-state index is 13.9. The van der Waals surface area contributed by atoms with Crippen molar-refractivity contribution in [2.24, 2.45) is 0 Å². The van der Waals surface area contributed by atoms with Crippen LogP contribution in [0.25, 0.3) is 0 Å². The monoisotopic (exact) mass is 393 g/mol. The molecule has 0 aliphatic carbocycles. The van der Waals surface area contributed by atoms with E-state index >= 15 is 0 Å². The molecular weight excluding hydrogens is 373 g/mol. The van der Waals surface area contributed by atoms with Gasteiger partial charge in [0.15, 0.2) is 0 Å². The number of benzene rings is 2. The topological polar surface area (TPSA) is 95.6 Å². The number of halogens is 1. The molecule has 0 aliphatic rings. The van der Waals surface area contributed by atoms with E-state index in [0.29, 0.717) is 11.4 Å². The highest BCUT2D eigenvalue weighted by Gasteiger charge is 2.21. The third kappa shape index (κ3) is 6.07. The van der Waals surface area contributed by atoms with E-state index in [9.17, 15) is 22.4 Å². The van der Waals surface area contributed by atoms with Gasteiger partial charge in [0.2, 0.25) is 21.8 Å². The van der Waals surface area contributed by atoms with Crippen molar-refractivity contribution in [3.63, 3.8) is 0 Å². The van der Waals surface area contributed by atoms with Crippen LogP contribution in [0.3, 0.4) is 0 Å². The van der Waals surface area contributed by atoms with Crippen LogP contribution in [0.5, 0.6) is 0 Å². The highest BCUT2D eigenvalue weighted by atomic mass is 32.2. The van der Waals surface area contributed by atoms with Gasteiger partial charge in [0, 0.05) is 31.3 Å². The molecular formula is C18H20FN3O4S. The van der Waals surface area contributed by atoms with Crippen molar-refractivity contribution in [1.82, 2.24) is 0 Å². The summed E-state index contributed by atoms with van der Waals surface area (Å²) in [5.74, 6) is -1.38. The molecule has 0 bridgehead atoms. The predicted octanol–water partition coefficient (Wildman–Crippen LogP) is 2.58. The smallest absolute Gasteiger partial charge is 0.232 e. The van der Waals surface area contributed by atoms with Crippen molar-refractivity contribution >= 4 is 38.9 Å². The van der Waals surface area contributed by atoms with Crippen LogP contribution in [0.2, 0.25) is 0 Å². The maximum atomic E-state index is 13.9. The maximum Gasteiger partial charge on any atom is 0.232 e. The number of para-hydroxylation sites is 1. The summed E-state index contributed by atoms with van der Waals surface area (Å²) < 4.78 is 38.8. The van der Waals surface area contributed by atoms with E-state index in [2.05, 4.69) is 10.6 Å². The molecule has 0 saturated carbocycles. The zero-order valence-electron chi connectivity index (χ0n) is 14.9. The number of hydrogen-bond donors (Lipinski definition) is 2. The fourth-order valence-electron chi connectivity index (χ4n) is 2.42. The summed E-state index contributed by atoms with van der Waals surface area (Å²) in [5.41, 5.74) is 0.855. The second kappa shape index (κ2) is 8.63. The lowest BCUT2D eigenvalue weighted by molar-refractivity contribution is -0.116. The van der Waals surface area contributed by atoms with Gasteiger partial charge >= 0.3 is 0 Å². The van der Waals surface area contributed by atoms with Crippen LogP contribution in [-0.2, 0) is 19.6 Å². The lowest BCUT2D eigenvalue weighted by Crippen LogP contribution is -2.33. The highest BCUT2D eigenvalue weighted by Crippen LogP contribution is 2.22. The number of nitrogens with zero attached hydrogens (tertiary/aromatic N) is 1. The molecule has 27 heavy (non-hydrogen) atoms. The molecule has 2 amide bonds. The average molecular weight is 393 g/mol. The van der Waals surface area contributed by atoms with Crippen LogP contribution in [0.15, 0.2) is 48.5 Å². The molecule has 2 N–H and O–H groups in total. The quantitative estimate of drug-likeness (QED) is 0.756. The summed E-state index contributed by atoms with van der Waals surface area (Å²) in [6.07, 6.45) is 0.778. The number of amides is 2. The van der Waals surface area contributed by atoms with Crippen molar-refractivity contribution in [2.75, 3.05) is 27.7 Å². The number of carbonyl (C=O) groups is 2. The Morgan fingerprint density at radius 3 is 2.26 bits per heavy atom. The third-order valence-electron chi connectivity index (χ3n) is 3.53. The van der Waals surface area contributed by atoms with Gasteiger partial charge in [0.1, 0.15) is 5.82 Å². The fourth-order valence-corrected chi connectivity index (χ4v) is 3.35. The van der Waals surface area contributed by atoms with Crippen LogP contribution < -0.4 is 14.9 Å². The summed E-state index contributed by atoms with van der Waals surface area (Å²) in [6.45, 7) is 1.16. The van der Waals surface area contributed by atoms with Crippen molar-refractivity contribution < 1.29 is 22.4 Å². The van der Waals surface area contributed by atoms with Crippen LogP contribution in [0.1, 0.15) is 13.3 Å². The van der Waals surface area contributed by atoms with Gasteiger partial charge in [0.25, 0.3) is 0 Å². The number of anilines is 3. The van der Waals surface area contributed by atoms with Crippen LogP contribution in [0.4, 0.5) is 21.5 Å². The molecule has 0 aromatic heterocycles. The van der Waals surface area contributed by atoms with E-state index in [0.717, 1.165) is 16.6 Å². The zero-order valence-corrected chi connectivity index (χ0v) is 15.7. The number of carbonyl (C=O) groups excluding carboxylic acids is 2. The van der Waals surface area contributed by atoms with Crippen molar-refractivity contribution in [3.8, 4) is 0 Å². The molecule has 2 aromatic rings. The molecule has 0 spiro atoms. The summed E-state index contributed by atoms with van der Waals surface area (Å²) >= 11 is 0. The van der Waals surface area contributed by atoms with Crippen molar-refractivity contribution in [3.05, 3.63) is 54.3 Å². The molecule has 0 radical (unpaired) electrons. The van der Waals surface area contributed by atoms with Crippen LogP contribution >= 0.6 is 0 Å². The van der Waals surface area contributed by atoms with E-state index in [4.69, 9.17) is 0 Å². The molecule has 2 rings (SSSR count). The van der Waals surface area contributed by atoms with E-state index < -0.39 is 21.7 Å². The van der Waals surface area contributed by atoms with Crippen molar-refractivity contribution in [1.29, 1.82) is 0 Å². The molecule has 0 aliphatic heterocycles. The average Bonchev–Trinajstić information content (AvgIpc) is 2.55.